The molecule has 0 saturated carbocycles. The smallest absolute Gasteiger partial charge is 0.137 e. The van der Waals surface area contributed by atoms with Crippen LogP contribution in [0.15, 0.2) is 197 Å². The number of rotatable bonds is 5. The predicted octanol–water partition coefficient (Wildman–Crippen LogP) is 14.6. The van der Waals surface area contributed by atoms with Crippen LogP contribution in [0.2, 0.25) is 0 Å². The number of nitrogens with zero attached hydrogens (tertiary/aromatic N) is 1. The van der Waals surface area contributed by atoms with Gasteiger partial charge in [0.15, 0.2) is 0 Å². The molecule has 2 aromatic heterocycles. The fraction of sp³-hybridized carbons (Fsp3) is 0. The highest BCUT2D eigenvalue weighted by Gasteiger charge is 2.23. The molecule has 0 aliphatic heterocycles. The number of benzene rings is 9. The number of hydrogen-bond acceptors (Lipinski definition) is 3. The normalized spacial score (nSPS) is 11.8. The second-order valence-corrected chi connectivity index (χ2v) is 13.7. The largest absolute Gasteiger partial charge is 0.456 e. The van der Waals surface area contributed by atoms with Crippen LogP contribution in [-0.2, 0) is 0 Å². The van der Waals surface area contributed by atoms with Gasteiger partial charge in [0, 0.05) is 27.4 Å². The summed E-state index contributed by atoms with van der Waals surface area (Å²) in [5, 5.41) is 9.35. The van der Waals surface area contributed by atoms with E-state index in [9.17, 15) is 0 Å². The first-order valence-corrected chi connectivity index (χ1v) is 18.0. The third kappa shape index (κ3) is 4.68. The summed E-state index contributed by atoms with van der Waals surface area (Å²) in [5.41, 5.74) is 11.3. The van der Waals surface area contributed by atoms with Gasteiger partial charge in [-0.2, -0.15) is 0 Å². The summed E-state index contributed by atoms with van der Waals surface area (Å²) in [7, 11) is 0. The Hall–Kier alpha value is -7.10. The van der Waals surface area contributed by atoms with Gasteiger partial charge in [-0.15, -0.1) is 0 Å². The zero-order chi connectivity index (χ0) is 34.9. The summed E-state index contributed by atoms with van der Waals surface area (Å²) in [5.74, 6) is 0. The van der Waals surface area contributed by atoms with Gasteiger partial charge in [0.25, 0.3) is 0 Å². The van der Waals surface area contributed by atoms with Gasteiger partial charge in [-0.05, 0) is 98.9 Å². The average molecular weight is 678 g/mol. The standard InChI is InChI=1S/C50H31NO2/c1-2-16-36-34(13-1)31-42(38-18-4-3-17-37(36)38)39-19-5-8-22-44(39)51(45-23-12-26-49-50(45)41-21-7-10-25-47(41)53-49)35-15-11-14-32(29-35)33-27-28-48-43(30-33)40-20-6-9-24-46(40)52-48/h1-31H. The third-order valence-corrected chi connectivity index (χ3v) is 10.6. The highest BCUT2D eigenvalue weighted by Crippen LogP contribution is 2.48. The average Bonchev–Trinajstić information content (AvgIpc) is 3.80. The SMILES string of the molecule is c1cc(-c2ccc3oc4ccccc4c3c2)cc(N(c2ccccc2-c2cc3ccccc3c3ccccc23)c2cccc3oc4ccccc4c23)c1. The van der Waals surface area contributed by atoms with Crippen molar-refractivity contribution < 1.29 is 8.83 Å². The Morgan fingerprint density at radius 2 is 0.925 bits per heavy atom. The summed E-state index contributed by atoms with van der Waals surface area (Å²) in [6, 6.07) is 67.0. The van der Waals surface area contributed by atoms with Crippen LogP contribution in [0.25, 0.3) is 87.7 Å². The molecule has 0 fully saturated rings. The fourth-order valence-electron chi connectivity index (χ4n) is 8.25. The van der Waals surface area contributed by atoms with Crippen molar-refractivity contribution in [3.8, 4) is 22.3 Å². The van der Waals surface area contributed by atoms with Crippen molar-refractivity contribution in [1.82, 2.24) is 0 Å². The lowest BCUT2D eigenvalue weighted by molar-refractivity contribution is 0.668. The van der Waals surface area contributed by atoms with Crippen molar-refractivity contribution in [2.75, 3.05) is 4.90 Å². The lowest BCUT2D eigenvalue weighted by Gasteiger charge is -2.29. The third-order valence-electron chi connectivity index (χ3n) is 10.6. The molecule has 0 aliphatic carbocycles. The van der Waals surface area contributed by atoms with E-state index < -0.39 is 0 Å². The van der Waals surface area contributed by atoms with Crippen LogP contribution in [-0.4, -0.2) is 0 Å². The van der Waals surface area contributed by atoms with Gasteiger partial charge in [0.05, 0.1) is 16.8 Å². The lowest BCUT2D eigenvalue weighted by Crippen LogP contribution is -2.12. The number of hydrogen-bond donors (Lipinski definition) is 0. The molecule has 0 saturated heterocycles. The second kappa shape index (κ2) is 11.7. The zero-order valence-electron chi connectivity index (χ0n) is 28.7. The molecule has 53 heavy (non-hydrogen) atoms. The van der Waals surface area contributed by atoms with E-state index in [0.717, 1.165) is 77.6 Å². The first-order valence-electron chi connectivity index (χ1n) is 18.0. The molecule has 9 aromatic carbocycles. The summed E-state index contributed by atoms with van der Waals surface area (Å²) in [6.07, 6.45) is 0. The molecule has 0 amide bonds. The Bertz CT molecular complexity index is 3200. The first kappa shape index (κ1) is 29.6. The van der Waals surface area contributed by atoms with Gasteiger partial charge in [0.1, 0.15) is 22.3 Å². The minimum absolute atomic E-state index is 0.857. The molecule has 0 unspecified atom stereocenters. The summed E-state index contributed by atoms with van der Waals surface area (Å²) < 4.78 is 12.6. The summed E-state index contributed by atoms with van der Waals surface area (Å²) in [6.45, 7) is 0. The Morgan fingerprint density at radius 3 is 1.81 bits per heavy atom. The minimum atomic E-state index is 0.857. The molecule has 11 rings (SSSR count). The van der Waals surface area contributed by atoms with Crippen LogP contribution in [0.4, 0.5) is 17.1 Å². The maximum atomic E-state index is 6.46. The van der Waals surface area contributed by atoms with Gasteiger partial charge in [-0.25, -0.2) is 0 Å². The van der Waals surface area contributed by atoms with Gasteiger partial charge < -0.3 is 13.7 Å². The van der Waals surface area contributed by atoms with E-state index in [1.54, 1.807) is 0 Å². The molecule has 0 radical (unpaired) electrons. The highest BCUT2D eigenvalue weighted by molar-refractivity contribution is 6.17. The molecule has 0 aliphatic rings. The van der Waals surface area contributed by atoms with Crippen LogP contribution >= 0.6 is 0 Å². The Morgan fingerprint density at radius 1 is 0.321 bits per heavy atom. The molecule has 0 N–H and O–H groups in total. The topological polar surface area (TPSA) is 29.5 Å². The molecule has 3 heteroatoms. The number of para-hydroxylation sites is 3. The van der Waals surface area contributed by atoms with Crippen molar-refractivity contribution in [2.24, 2.45) is 0 Å². The molecule has 11 aromatic rings. The number of furan rings is 2. The first-order chi connectivity index (χ1) is 26.3. The Balaban J connectivity index is 1.18. The van der Waals surface area contributed by atoms with Crippen LogP contribution in [0.5, 0.6) is 0 Å². The van der Waals surface area contributed by atoms with Gasteiger partial charge in [0.2, 0.25) is 0 Å². The van der Waals surface area contributed by atoms with Crippen LogP contribution in [0.3, 0.4) is 0 Å². The molecule has 248 valence electrons. The molecular weight excluding hydrogens is 647 g/mol. The molecule has 3 nitrogen and oxygen atoms in total. The highest BCUT2D eigenvalue weighted by atomic mass is 16.3. The molecule has 0 bridgehead atoms. The van der Waals surface area contributed by atoms with E-state index in [4.69, 9.17) is 8.83 Å². The minimum Gasteiger partial charge on any atom is -0.456 e. The van der Waals surface area contributed by atoms with Gasteiger partial charge >= 0.3 is 0 Å². The van der Waals surface area contributed by atoms with Crippen LogP contribution < -0.4 is 4.90 Å². The van der Waals surface area contributed by atoms with Crippen LogP contribution in [0.1, 0.15) is 0 Å². The van der Waals surface area contributed by atoms with E-state index in [1.165, 1.54) is 27.1 Å². The van der Waals surface area contributed by atoms with Gasteiger partial charge in [-0.3, -0.25) is 0 Å². The second-order valence-electron chi connectivity index (χ2n) is 13.7. The fourth-order valence-corrected chi connectivity index (χ4v) is 8.25. The van der Waals surface area contributed by atoms with Crippen LogP contribution in [0, 0.1) is 0 Å². The zero-order valence-corrected chi connectivity index (χ0v) is 28.7. The molecule has 0 spiro atoms. The maximum Gasteiger partial charge on any atom is 0.137 e. The predicted molar refractivity (Wildman–Crippen MR) is 222 cm³/mol. The van der Waals surface area contributed by atoms with Crippen molar-refractivity contribution >= 4 is 82.5 Å². The molecular formula is C50H31NO2. The molecule has 0 atom stereocenters. The Kier molecular flexibility index (Phi) is 6.55. The Labute approximate surface area is 305 Å². The van der Waals surface area contributed by atoms with Crippen molar-refractivity contribution in [2.45, 2.75) is 0 Å². The monoisotopic (exact) mass is 677 g/mol. The van der Waals surface area contributed by atoms with Gasteiger partial charge in [-0.1, -0.05) is 127 Å². The summed E-state index contributed by atoms with van der Waals surface area (Å²) >= 11 is 0. The van der Waals surface area contributed by atoms with E-state index in [0.29, 0.717) is 0 Å². The van der Waals surface area contributed by atoms with Crippen molar-refractivity contribution in [3.05, 3.63) is 188 Å². The maximum absolute atomic E-state index is 6.46. The van der Waals surface area contributed by atoms with E-state index in [1.807, 2.05) is 18.2 Å². The van der Waals surface area contributed by atoms with Crippen molar-refractivity contribution in [1.29, 1.82) is 0 Å². The van der Waals surface area contributed by atoms with E-state index >= 15 is 0 Å². The van der Waals surface area contributed by atoms with E-state index in [2.05, 4.69) is 175 Å². The number of fused-ring (bicyclic) bond motifs is 9. The molecule has 2 heterocycles. The van der Waals surface area contributed by atoms with E-state index in [-0.39, 0.29) is 0 Å². The summed E-state index contributed by atoms with van der Waals surface area (Å²) in [4.78, 5) is 2.42. The van der Waals surface area contributed by atoms with Crippen molar-refractivity contribution in [3.63, 3.8) is 0 Å². The number of anilines is 3. The quantitative estimate of drug-likeness (QED) is 0.170. The lowest BCUT2D eigenvalue weighted by atomic mass is 9.92.